The summed E-state index contributed by atoms with van der Waals surface area (Å²) in [6, 6.07) is -0.293. The summed E-state index contributed by atoms with van der Waals surface area (Å²) in [5, 5.41) is 8.39. The third-order valence-corrected chi connectivity index (χ3v) is 3.56. The lowest BCUT2D eigenvalue weighted by molar-refractivity contribution is -0.136. The molecule has 16 heavy (non-hydrogen) atoms. The van der Waals surface area contributed by atoms with Crippen LogP contribution >= 0.6 is 0 Å². The van der Waals surface area contributed by atoms with Crippen molar-refractivity contribution in [1.82, 2.24) is 4.72 Å². The lowest BCUT2D eigenvalue weighted by atomic mass is 10.1. The van der Waals surface area contributed by atoms with Crippen LogP contribution in [0.15, 0.2) is 0 Å². The zero-order chi connectivity index (χ0) is 12.6. The number of hydrogen-bond acceptors (Lipinski definition) is 4. The lowest BCUT2D eigenvalue weighted by Crippen LogP contribution is -2.41. The Morgan fingerprint density at radius 3 is 2.56 bits per heavy atom. The van der Waals surface area contributed by atoms with Crippen molar-refractivity contribution in [3.8, 4) is 0 Å². The van der Waals surface area contributed by atoms with Gasteiger partial charge in [0.05, 0.1) is 12.2 Å². The summed E-state index contributed by atoms with van der Waals surface area (Å²) in [7, 11) is -3.53. The number of carboxylic acids is 1. The molecule has 0 saturated heterocycles. The zero-order valence-corrected chi connectivity index (χ0v) is 10.3. The average molecular weight is 252 g/mol. The number of nitrogens with one attached hydrogen (secondary N) is 1. The molecule has 0 aliphatic carbocycles. The number of carbonyl (C=O) groups is 1. The Balaban J connectivity index is 4.15. The quantitative estimate of drug-likeness (QED) is 0.531. The first-order valence-electron chi connectivity index (χ1n) is 5.33. The Bertz CT molecular complexity index is 303. The van der Waals surface area contributed by atoms with Gasteiger partial charge in [0.25, 0.3) is 0 Å². The van der Waals surface area contributed by atoms with Gasteiger partial charge in [0.15, 0.2) is 0 Å². The van der Waals surface area contributed by atoms with Crippen LogP contribution in [0.1, 0.15) is 32.6 Å². The van der Waals surface area contributed by atoms with Gasteiger partial charge in [-0.1, -0.05) is 19.8 Å². The Kier molecular flexibility index (Phi) is 7.27. The highest BCUT2D eigenvalue weighted by molar-refractivity contribution is 7.89. The third-order valence-electron chi connectivity index (χ3n) is 2.12. The second-order valence-corrected chi connectivity index (χ2v) is 5.53. The SMILES string of the molecule is CCCCC(CN)NS(=O)(=O)CCC(=O)O. The molecule has 0 saturated carbocycles. The maximum absolute atomic E-state index is 11.4. The number of nitrogens with two attached hydrogens (primary N) is 1. The van der Waals surface area contributed by atoms with E-state index in [-0.39, 0.29) is 19.0 Å². The van der Waals surface area contributed by atoms with E-state index in [0.717, 1.165) is 12.8 Å². The van der Waals surface area contributed by atoms with Crippen LogP contribution in [-0.2, 0) is 14.8 Å². The minimum atomic E-state index is -3.53. The average Bonchev–Trinajstić information content (AvgIpc) is 2.21. The van der Waals surface area contributed by atoms with Crippen LogP contribution in [0.25, 0.3) is 0 Å². The van der Waals surface area contributed by atoms with E-state index in [1.807, 2.05) is 6.92 Å². The summed E-state index contributed by atoms with van der Waals surface area (Å²) < 4.78 is 25.3. The molecule has 7 heteroatoms. The van der Waals surface area contributed by atoms with Gasteiger partial charge in [-0.25, -0.2) is 13.1 Å². The van der Waals surface area contributed by atoms with Crippen LogP contribution in [0.4, 0.5) is 0 Å². The summed E-state index contributed by atoms with van der Waals surface area (Å²) in [6.45, 7) is 2.23. The maximum atomic E-state index is 11.4. The van der Waals surface area contributed by atoms with Crippen molar-refractivity contribution in [2.75, 3.05) is 12.3 Å². The molecule has 6 nitrogen and oxygen atoms in total. The predicted molar refractivity (Wildman–Crippen MR) is 61.5 cm³/mol. The molecule has 1 atom stereocenters. The summed E-state index contributed by atoms with van der Waals surface area (Å²) >= 11 is 0. The van der Waals surface area contributed by atoms with Crippen LogP contribution < -0.4 is 10.5 Å². The number of hydrogen-bond donors (Lipinski definition) is 3. The maximum Gasteiger partial charge on any atom is 0.304 e. The normalized spacial score (nSPS) is 13.6. The van der Waals surface area contributed by atoms with Gasteiger partial charge >= 0.3 is 5.97 Å². The van der Waals surface area contributed by atoms with E-state index in [2.05, 4.69) is 4.72 Å². The van der Waals surface area contributed by atoms with Gasteiger partial charge in [-0.05, 0) is 6.42 Å². The Morgan fingerprint density at radius 1 is 1.50 bits per heavy atom. The monoisotopic (exact) mass is 252 g/mol. The molecule has 0 aromatic carbocycles. The van der Waals surface area contributed by atoms with Crippen molar-refractivity contribution in [3.05, 3.63) is 0 Å². The number of sulfonamides is 1. The largest absolute Gasteiger partial charge is 0.481 e. The number of carboxylic acid groups (broad SMARTS) is 1. The minimum Gasteiger partial charge on any atom is -0.481 e. The van der Waals surface area contributed by atoms with E-state index >= 15 is 0 Å². The molecule has 0 amide bonds. The van der Waals surface area contributed by atoms with Crippen LogP contribution in [-0.4, -0.2) is 37.8 Å². The van der Waals surface area contributed by atoms with Crippen molar-refractivity contribution < 1.29 is 18.3 Å². The van der Waals surface area contributed by atoms with E-state index < -0.39 is 21.7 Å². The molecule has 0 radical (unpaired) electrons. The first-order valence-corrected chi connectivity index (χ1v) is 6.98. The van der Waals surface area contributed by atoms with E-state index in [1.54, 1.807) is 0 Å². The van der Waals surface area contributed by atoms with Gasteiger partial charge in [-0.15, -0.1) is 0 Å². The molecule has 96 valence electrons. The molecule has 0 fully saturated rings. The van der Waals surface area contributed by atoms with Crippen LogP contribution in [0.3, 0.4) is 0 Å². The first kappa shape index (κ1) is 15.3. The fourth-order valence-electron chi connectivity index (χ4n) is 1.21. The fourth-order valence-corrected chi connectivity index (χ4v) is 2.49. The number of unbranched alkanes of at least 4 members (excludes halogenated alkanes) is 1. The van der Waals surface area contributed by atoms with Crippen molar-refractivity contribution in [2.45, 2.75) is 38.6 Å². The molecule has 0 aromatic heterocycles. The molecule has 0 spiro atoms. The van der Waals surface area contributed by atoms with Crippen molar-refractivity contribution >= 4 is 16.0 Å². The summed E-state index contributed by atoms with van der Waals surface area (Å²) in [6.07, 6.45) is 2.15. The van der Waals surface area contributed by atoms with Crippen molar-refractivity contribution in [1.29, 1.82) is 0 Å². The molecule has 1 unspecified atom stereocenters. The van der Waals surface area contributed by atoms with E-state index in [1.165, 1.54) is 0 Å². The van der Waals surface area contributed by atoms with Crippen molar-refractivity contribution in [2.24, 2.45) is 5.73 Å². The van der Waals surface area contributed by atoms with Gasteiger partial charge < -0.3 is 10.8 Å². The lowest BCUT2D eigenvalue weighted by Gasteiger charge is -2.16. The zero-order valence-electron chi connectivity index (χ0n) is 9.48. The molecule has 0 aromatic rings. The number of rotatable bonds is 9. The summed E-state index contributed by atoms with van der Waals surface area (Å²) in [5.74, 6) is -1.52. The van der Waals surface area contributed by atoms with Gasteiger partial charge in [0, 0.05) is 12.6 Å². The second kappa shape index (κ2) is 7.59. The van der Waals surface area contributed by atoms with Crippen LogP contribution in [0.2, 0.25) is 0 Å². The van der Waals surface area contributed by atoms with E-state index in [9.17, 15) is 13.2 Å². The Labute approximate surface area is 96.3 Å². The van der Waals surface area contributed by atoms with E-state index in [4.69, 9.17) is 10.8 Å². The van der Waals surface area contributed by atoms with E-state index in [0.29, 0.717) is 6.42 Å². The smallest absolute Gasteiger partial charge is 0.304 e. The molecule has 0 aliphatic heterocycles. The minimum absolute atomic E-state index is 0.228. The predicted octanol–water partition coefficient (Wildman–Crippen LogP) is -0.102. The molecule has 4 N–H and O–H groups in total. The van der Waals surface area contributed by atoms with Crippen molar-refractivity contribution in [3.63, 3.8) is 0 Å². The molecule has 0 aliphatic rings. The first-order chi connectivity index (χ1) is 7.41. The Morgan fingerprint density at radius 2 is 2.12 bits per heavy atom. The van der Waals surface area contributed by atoms with Crippen LogP contribution in [0, 0.1) is 0 Å². The fraction of sp³-hybridized carbons (Fsp3) is 0.889. The highest BCUT2D eigenvalue weighted by atomic mass is 32.2. The van der Waals surface area contributed by atoms with Gasteiger partial charge in [0.2, 0.25) is 10.0 Å². The molecular weight excluding hydrogens is 232 g/mol. The molecule has 0 heterocycles. The highest BCUT2D eigenvalue weighted by Gasteiger charge is 2.17. The summed E-state index contributed by atoms with van der Waals surface area (Å²) in [5.41, 5.74) is 5.43. The molecule has 0 bridgehead atoms. The highest BCUT2D eigenvalue weighted by Crippen LogP contribution is 2.02. The van der Waals surface area contributed by atoms with Gasteiger partial charge in [-0.3, -0.25) is 4.79 Å². The molecular formula is C9H20N2O4S. The molecule has 0 rings (SSSR count). The third kappa shape index (κ3) is 7.61. The second-order valence-electron chi connectivity index (χ2n) is 3.66. The Hall–Kier alpha value is -0.660. The van der Waals surface area contributed by atoms with Gasteiger partial charge in [-0.2, -0.15) is 0 Å². The topological polar surface area (TPSA) is 109 Å². The van der Waals surface area contributed by atoms with Gasteiger partial charge in [0.1, 0.15) is 0 Å². The standard InChI is InChI=1S/C9H20N2O4S/c1-2-3-4-8(7-10)11-16(14,15)6-5-9(12)13/h8,11H,2-7,10H2,1H3,(H,12,13). The summed E-state index contributed by atoms with van der Waals surface area (Å²) in [4.78, 5) is 10.3. The number of aliphatic carboxylic acids is 1. The van der Waals surface area contributed by atoms with Crippen LogP contribution in [0.5, 0.6) is 0 Å².